The lowest BCUT2D eigenvalue weighted by Crippen LogP contribution is -2.40. The summed E-state index contributed by atoms with van der Waals surface area (Å²) in [6.45, 7) is 5.67. The summed E-state index contributed by atoms with van der Waals surface area (Å²) in [7, 11) is 1.62. The number of fused-ring (bicyclic) bond motifs is 1. The number of furan rings is 1. The highest BCUT2D eigenvalue weighted by Crippen LogP contribution is 2.31. The molecule has 2 N–H and O–H groups in total. The van der Waals surface area contributed by atoms with Crippen LogP contribution >= 0.6 is 0 Å². The molecule has 0 saturated carbocycles. The van der Waals surface area contributed by atoms with Gasteiger partial charge in [-0.15, -0.1) is 0 Å². The summed E-state index contributed by atoms with van der Waals surface area (Å²) in [6.07, 6.45) is 0.862. The van der Waals surface area contributed by atoms with Gasteiger partial charge in [-0.2, -0.15) is 0 Å². The van der Waals surface area contributed by atoms with E-state index in [9.17, 15) is 9.59 Å². The lowest BCUT2D eigenvalue weighted by Gasteiger charge is -2.20. The van der Waals surface area contributed by atoms with Crippen LogP contribution in [0, 0.1) is 0 Å². The lowest BCUT2D eigenvalue weighted by molar-refractivity contribution is -0.116. The Morgan fingerprint density at radius 3 is 2.38 bits per heavy atom. The van der Waals surface area contributed by atoms with Gasteiger partial charge in [-0.05, 0) is 57.0 Å². The number of hydrogen-bond acceptors (Lipinski definition) is 4. The van der Waals surface area contributed by atoms with Gasteiger partial charge in [0.15, 0.2) is 0 Å². The first-order valence-electron chi connectivity index (χ1n) is 9.53. The molecule has 0 aliphatic carbocycles. The molecular weight excluding hydrogens is 368 g/mol. The van der Waals surface area contributed by atoms with Gasteiger partial charge >= 0.3 is 0 Å². The van der Waals surface area contributed by atoms with E-state index in [1.807, 2.05) is 63.2 Å². The molecule has 1 aromatic heterocycles. The second-order valence-corrected chi connectivity index (χ2v) is 7.90. The second kappa shape index (κ2) is 8.39. The number of amides is 2. The van der Waals surface area contributed by atoms with E-state index in [-0.39, 0.29) is 24.0 Å². The maximum Gasteiger partial charge on any atom is 0.289 e. The number of para-hydroxylation sites is 1. The molecule has 0 unspecified atom stereocenters. The number of nitrogens with one attached hydrogen (secondary N) is 2. The Kier molecular flexibility index (Phi) is 5.92. The summed E-state index contributed by atoms with van der Waals surface area (Å²) in [6, 6.07) is 14.9. The number of methoxy groups -OCH3 is 1. The Morgan fingerprint density at radius 1 is 1.03 bits per heavy atom. The molecular formula is C23H26N2O4. The summed E-state index contributed by atoms with van der Waals surface area (Å²) < 4.78 is 10.9. The van der Waals surface area contributed by atoms with Crippen molar-refractivity contribution in [3.05, 3.63) is 59.9 Å². The van der Waals surface area contributed by atoms with Gasteiger partial charge in [0, 0.05) is 17.3 Å². The minimum absolute atomic E-state index is 0.110. The molecule has 6 heteroatoms. The van der Waals surface area contributed by atoms with Crippen molar-refractivity contribution >= 4 is 28.5 Å². The molecule has 0 aliphatic heterocycles. The zero-order valence-electron chi connectivity index (χ0n) is 17.2. The molecule has 0 fully saturated rings. The summed E-state index contributed by atoms with van der Waals surface area (Å²) >= 11 is 0. The average molecular weight is 394 g/mol. The number of anilines is 1. The molecule has 2 aromatic carbocycles. The van der Waals surface area contributed by atoms with Gasteiger partial charge in [0.2, 0.25) is 11.7 Å². The van der Waals surface area contributed by atoms with E-state index in [1.54, 1.807) is 13.2 Å². The third-order valence-corrected chi connectivity index (χ3v) is 4.35. The molecule has 0 bridgehead atoms. The number of benzene rings is 2. The highest BCUT2D eigenvalue weighted by molar-refractivity contribution is 6.10. The van der Waals surface area contributed by atoms with E-state index in [2.05, 4.69) is 10.6 Å². The highest BCUT2D eigenvalue weighted by atomic mass is 16.5. The summed E-state index contributed by atoms with van der Waals surface area (Å²) in [5, 5.41) is 6.46. The zero-order chi connectivity index (χ0) is 21.0. The molecule has 3 aromatic rings. The Bertz CT molecular complexity index is 1010. The minimum atomic E-state index is -0.425. The van der Waals surface area contributed by atoms with Crippen LogP contribution < -0.4 is 15.4 Å². The Labute approximate surface area is 170 Å². The fourth-order valence-electron chi connectivity index (χ4n) is 2.98. The fraction of sp³-hybridized carbons (Fsp3) is 0.304. The number of carbonyl (C=O) groups is 2. The van der Waals surface area contributed by atoms with Crippen LogP contribution in [0.1, 0.15) is 43.3 Å². The predicted octanol–water partition coefficient (Wildman–Crippen LogP) is 4.54. The summed E-state index contributed by atoms with van der Waals surface area (Å²) in [5.74, 6) is 0.341. The number of aryl methyl sites for hydroxylation is 1. The van der Waals surface area contributed by atoms with Crippen LogP contribution in [-0.2, 0) is 11.2 Å². The van der Waals surface area contributed by atoms with Gasteiger partial charge in [0.05, 0.1) is 7.11 Å². The average Bonchev–Trinajstić information content (AvgIpc) is 3.04. The van der Waals surface area contributed by atoms with Gasteiger partial charge in [-0.3, -0.25) is 9.59 Å². The number of ether oxygens (including phenoxy) is 1. The summed E-state index contributed by atoms with van der Waals surface area (Å²) in [5.41, 5.74) is 1.56. The first kappa shape index (κ1) is 20.5. The molecule has 3 rings (SSSR count). The first-order valence-corrected chi connectivity index (χ1v) is 9.53. The highest BCUT2D eigenvalue weighted by Gasteiger charge is 2.25. The zero-order valence-corrected chi connectivity index (χ0v) is 17.2. The molecule has 0 saturated heterocycles. The van der Waals surface area contributed by atoms with Crippen molar-refractivity contribution in [1.29, 1.82) is 0 Å². The topological polar surface area (TPSA) is 80.6 Å². The van der Waals surface area contributed by atoms with Gasteiger partial charge in [-0.1, -0.05) is 24.3 Å². The van der Waals surface area contributed by atoms with Crippen LogP contribution in [0.15, 0.2) is 52.9 Å². The smallest absolute Gasteiger partial charge is 0.289 e. The van der Waals surface area contributed by atoms with E-state index < -0.39 is 5.54 Å². The number of carbonyl (C=O) groups excluding carboxylic acids is 2. The predicted molar refractivity (Wildman–Crippen MR) is 113 cm³/mol. The van der Waals surface area contributed by atoms with Crippen molar-refractivity contribution in [2.24, 2.45) is 0 Å². The Hall–Kier alpha value is -3.28. The molecule has 2 amide bonds. The van der Waals surface area contributed by atoms with Crippen LogP contribution in [0.3, 0.4) is 0 Å². The molecule has 0 aliphatic rings. The van der Waals surface area contributed by atoms with Crippen LogP contribution in [-0.4, -0.2) is 24.5 Å². The number of rotatable bonds is 6. The van der Waals surface area contributed by atoms with Crippen molar-refractivity contribution in [2.45, 2.75) is 39.2 Å². The first-order chi connectivity index (χ1) is 13.8. The standard InChI is InChI=1S/C23H26N2O4/c1-23(2,3)25-22(27)21-20(17-7-5-6-8-18(17)29-21)24-19(26)14-11-15-9-12-16(28-4)13-10-15/h5-10,12-13H,11,14H2,1-4H3,(H,24,26)(H,25,27). The van der Waals surface area contributed by atoms with Crippen molar-refractivity contribution in [1.82, 2.24) is 5.32 Å². The van der Waals surface area contributed by atoms with Crippen molar-refractivity contribution < 1.29 is 18.7 Å². The van der Waals surface area contributed by atoms with E-state index in [4.69, 9.17) is 9.15 Å². The molecule has 6 nitrogen and oxygen atoms in total. The SMILES string of the molecule is COc1ccc(CCC(=O)Nc2c(C(=O)NC(C)(C)C)oc3ccccc23)cc1. The fourth-order valence-corrected chi connectivity index (χ4v) is 2.98. The normalized spacial score (nSPS) is 11.3. The van der Waals surface area contributed by atoms with Crippen LogP contribution in [0.25, 0.3) is 11.0 Å². The molecule has 29 heavy (non-hydrogen) atoms. The largest absolute Gasteiger partial charge is 0.497 e. The second-order valence-electron chi connectivity index (χ2n) is 7.90. The number of hydrogen-bond donors (Lipinski definition) is 2. The monoisotopic (exact) mass is 394 g/mol. The Balaban J connectivity index is 1.77. The summed E-state index contributed by atoms with van der Waals surface area (Å²) in [4.78, 5) is 25.3. The lowest BCUT2D eigenvalue weighted by atomic mass is 10.1. The van der Waals surface area contributed by atoms with E-state index in [0.29, 0.717) is 23.1 Å². The van der Waals surface area contributed by atoms with Crippen molar-refractivity contribution in [3.63, 3.8) is 0 Å². The molecule has 152 valence electrons. The maximum absolute atomic E-state index is 12.7. The van der Waals surface area contributed by atoms with Crippen LogP contribution in [0.5, 0.6) is 5.75 Å². The molecule has 0 spiro atoms. The van der Waals surface area contributed by atoms with E-state index >= 15 is 0 Å². The molecule has 0 radical (unpaired) electrons. The van der Waals surface area contributed by atoms with E-state index in [1.165, 1.54) is 0 Å². The van der Waals surface area contributed by atoms with Crippen LogP contribution in [0.2, 0.25) is 0 Å². The van der Waals surface area contributed by atoms with Gasteiger partial charge in [0.1, 0.15) is 17.0 Å². The van der Waals surface area contributed by atoms with E-state index in [0.717, 1.165) is 11.3 Å². The third kappa shape index (κ3) is 5.16. The van der Waals surface area contributed by atoms with Crippen LogP contribution in [0.4, 0.5) is 5.69 Å². The molecule has 0 atom stereocenters. The molecule has 1 heterocycles. The third-order valence-electron chi connectivity index (χ3n) is 4.35. The Morgan fingerprint density at radius 2 is 1.72 bits per heavy atom. The van der Waals surface area contributed by atoms with Crippen molar-refractivity contribution in [3.8, 4) is 5.75 Å². The van der Waals surface area contributed by atoms with Gasteiger partial charge < -0.3 is 19.8 Å². The van der Waals surface area contributed by atoms with Gasteiger partial charge in [0.25, 0.3) is 5.91 Å². The maximum atomic E-state index is 12.7. The van der Waals surface area contributed by atoms with Gasteiger partial charge in [-0.25, -0.2) is 0 Å². The van der Waals surface area contributed by atoms with Crippen molar-refractivity contribution in [2.75, 3.05) is 12.4 Å². The minimum Gasteiger partial charge on any atom is -0.497 e. The quantitative estimate of drug-likeness (QED) is 0.643.